The topological polar surface area (TPSA) is 25.0 Å². The summed E-state index contributed by atoms with van der Waals surface area (Å²) in [6.07, 6.45) is 1.06. The zero-order valence-corrected chi connectivity index (χ0v) is 10.4. The Morgan fingerprint density at radius 1 is 1.27 bits per heavy atom. The van der Waals surface area contributed by atoms with Crippen molar-refractivity contribution in [3.63, 3.8) is 0 Å². The van der Waals surface area contributed by atoms with E-state index in [1.54, 1.807) is 0 Å². The molecule has 2 rings (SSSR count). The molecule has 2 heterocycles. The van der Waals surface area contributed by atoms with E-state index < -0.39 is 0 Å². The lowest BCUT2D eigenvalue weighted by Gasteiger charge is -2.18. The van der Waals surface area contributed by atoms with Crippen molar-refractivity contribution in [3.05, 3.63) is 17.0 Å². The van der Waals surface area contributed by atoms with Gasteiger partial charge in [0.25, 0.3) is 0 Å². The molecule has 0 amide bonds. The number of H-pyrrole nitrogens is 1. The van der Waals surface area contributed by atoms with E-state index in [1.165, 1.54) is 17.0 Å². The van der Waals surface area contributed by atoms with Crippen molar-refractivity contribution in [2.24, 2.45) is 0 Å². The summed E-state index contributed by atoms with van der Waals surface area (Å²) in [5, 5.41) is 0. The average Bonchev–Trinajstić information content (AvgIpc) is 2.57. The first-order valence-corrected chi connectivity index (χ1v) is 5.79. The number of hydrogen-bond donors (Lipinski definition) is 1. The van der Waals surface area contributed by atoms with Gasteiger partial charge in [-0.2, -0.15) is 0 Å². The molecule has 84 valence electrons. The largest absolute Gasteiger partial charge is 0.491 e. The molecule has 0 atom stereocenters. The van der Waals surface area contributed by atoms with Gasteiger partial charge in [0, 0.05) is 23.1 Å². The van der Waals surface area contributed by atoms with Crippen molar-refractivity contribution in [1.82, 2.24) is 4.98 Å². The molecule has 1 aromatic heterocycles. The molecule has 0 aromatic carbocycles. The van der Waals surface area contributed by atoms with E-state index in [2.05, 4.69) is 39.6 Å². The van der Waals surface area contributed by atoms with Crippen LogP contribution in [0.2, 0.25) is 0 Å². The maximum absolute atomic E-state index is 5.74. The van der Waals surface area contributed by atoms with Gasteiger partial charge in [0.2, 0.25) is 0 Å². The highest BCUT2D eigenvalue weighted by Gasteiger charge is 2.30. The molecule has 1 N–H and O–H groups in total. The molecular formula is C13H21NO. The van der Waals surface area contributed by atoms with E-state index in [0.29, 0.717) is 5.92 Å². The van der Waals surface area contributed by atoms with Crippen LogP contribution in [0.25, 0.3) is 0 Å². The van der Waals surface area contributed by atoms with Gasteiger partial charge in [-0.15, -0.1) is 0 Å². The molecule has 0 saturated heterocycles. The zero-order valence-electron chi connectivity index (χ0n) is 10.4. The Morgan fingerprint density at radius 3 is 2.47 bits per heavy atom. The second kappa shape index (κ2) is 3.29. The third-order valence-corrected chi connectivity index (χ3v) is 3.01. The Labute approximate surface area is 92.0 Å². The van der Waals surface area contributed by atoms with E-state index in [0.717, 1.165) is 18.8 Å². The van der Waals surface area contributed by atoms with Gasteiger partial charge < -0.3 is 9.72 Å². The quantitative estimate of drug-likeness (QED) is 0.750. The molecular weight excluding hydrogens is 186 g/mol. The van der Waals surface area contributed by atoms with Gasteiger partial charge in [-0.1, -0.05) is 34.6 Å². The van der Waals surface area contributed by atoms with E-state index in [1.807, 2.05) is 0 Å². The predicted molar refractivity (Wildman–Crippen MR) is 62.8 cm³/mol. The standard InChI is InChI=1S/C13H21NO/c1-8(2)10-11-9(6-7-15-11)12(14-10)13(3,4)5/h8,14H,6-7H2,1-5H3. The average molecular weight is 207 g/mol. The summed E-state index contributed by atoms with van der Waals surface area (Å²) in [4.78, 5) is 3.57. The summed E-state index contributed by atoms with van der Waals surface area (Å²) in [5.41, 5.74) is 4.22. The van der Waals surface area contributed by atoms with Crippen LogP contribution in [0.1, 0.15) is 57.5 Å². The minimum Gasteiger partial charge on any atom is -0.491 e. The summed E-state index contributed by atoms with van der Waals surface area (Å²) >= 11 is 0. The van der Waals surface area contributed by atoms with Crippen molar-refractivity contribution in [2.75, 3.05) is 6.61 Å². The smallest absolute Gasteiger partial charge is 0.143 e. The molecule has 0 saturated carbocycles. The lowest BCUT2D eigenvalue weighted by molar-refractivity contribution is 0.350. The monoisotopic (exact) mass is 207 g/mol. The molecule has 1 aliphatic heterocycles. The minimum atomic E-state index is 0.185. The van der Waals surface area contributed by atoms with Crippen molar-refractivity contribution in [3.8, 4) is 5.75 Å². The van der Waals surface area contributed by atoms with Crippen LogP contribution in [0.15, 0.2) is 0 Å². The second-order valence-corrected chi connectivity index (χ2v) is 5.72. The molecule has 0 spiro atoms. The van der Waals surface area contributed by atoms with Crippen molar-refractivity contribution in [2.45, 2.75) is 52.4 Å². The van der Waals surface area contributed by atoms with Gasteiger partial charge >= 0.3 is 0 Å². The first-order chi connectivity index (χ1) is 6.91. The summed E-state index contributed by atoms with van der Waals surface area (Å²) in [6, 6.07) is 0. The SMILES string of the molecule is CC(C)c1[nH]c(C(C)(C)C)c2c1OCC2. The maximum atomic E-state index is 5.74. The van der Waals surface area contributed by atoms with E-state index in [-0.39, 0.29) is 5.41 Å². The maximum Gasteiger partial charge on any atom is 0.143 e. The van der Waals surface area contributed by atoms with Gasteiger partial charge in [-0.25, -0.2) is 0 Å². The number of fused-ring (bicyclic) bond motifs is 1. The molecule has 0 bridgehead atoms. The molecule has 15 heavy (non-hydrogen) atoms. The summed E-state index contributed by atoms with van der Waals surface area (Å²) in [5.74, 6) is 1.64. The normalized spacial score (nSPS) is 15.6. The van der Waals surface area contributed by atoms with Gasteiger partial charge in [-0.3, -0.25) is 0 Å². The molecule has 0 unspecified atom stereocenters. The Bertz CT molecular complexity index is 369. The van der Waals surface area contributed by atoms with E-state index in [4.69, 9.17) is 4.74 Å². The number of aromatic nitrogens is 1. The highest BCUT2D eigenvalue weighted by atomic mass is 16.5. The third-order valence-electron chi connectivity index (χ3n) is 3.01. The fourth-order valence-corrected chi connectivity index (χ4v) is 2.25. The lowest BCUT2D eigenvalue weighted by Crippen LogP contribution is -2.14. The molecule has 2 nitrogen and oxygen atoms in total. The fraction of sp³-hybridized carbons (Fsp3) is 0.692. The first kappa shape index (κ1) is 10.6. The summed E-state index contributed by atoms with van der Waals surface area (Å²) < 4.78 is 5.74. The van der Waals surface area contributed by atoms with Crippen LogP contribution in [0, 0.1) is 0 Å². The molecule has 1 aliphatic rings. The molecule has 0 radical (unpaired) electrons. The number of rotatable bonds is 1. The van der Waals surface area contributed by atoms with E-state index in [9.17, 15) is 0 Å². The fourth-order valence-electron chi connectivity index (χ4n) is 2.25. The number of nitrogens with one attached hydrogen (secondary N) is 1. The third kappa shape index (κ3) is 1.66. The Kier molecular flexibility index (Phi) is 2.32. The lowest BCUT2D eigenvalue weighted by atomic mass is 9.89. The number of ether oxygens (including phenoxy) is 1. The molecule has 0 aliphatic carbocycles. The zero-order chi connectivity index (χ0) is 11.2. The van der Waals surface area contributed by atoms with Gasteiger partial charge in [0.05, 0.1) is 12.3 Å². The van der Waals surface area contributed by atoms with Gasteiger partial charge in [-0.05, 0) is 5.92 Å². The first-order valence-electron chi connectivity index (χ1n) is 5.79. The van der Waals surface area contributed by atoms with Crippen LogP contribution < -0.4 is 4.74 Å². The van der Waals surface area contributed by atoms with Gasteiger partial charge in [0.1, 0.15) is 5.75 Å². The van der Waals surface area contributed by atoms with Crippen LogP contribution in [-0.2, 0) is 11.8 Å². The van der Waals surface area contributed by atoms with Crippen molar-refractivity contribution >= 4 is 0 Å². The van der Waals surface area contributed by atoms with Gasteiger partial charge in [0.15, 0.2) is 0 Å². The molecule has 2 heteroatoms. The Balaban J connectivity index is 2.54. The molecule has 0 fully saturated rings. The highest BCUT2D eigenvalue weighted by molar-refractivity contribution is 5.49. The Hall–Kier alpha value is -0.920. The second-order valence-electron chi connectivity index (χ2n) is 5.72. The van der Waals surface area contributed by atoms with Crippen LogP contribution in [-0.4, -0.2) is 11.6 Å². The highest BCUT2D eigenvalue weighted by Crippen LogP contribution is 2.40. The van der Waals surface area contributed by atoms with Crippen LogP contribution in [0.3, 0.4) is 0 Å². The van der Waals surface area contributed by atoms with Crippen molar-refractivity contribution in [1.29, 1.82) is 0 Å². The summed E-state index contributed by atoms with van der Waals surface area (Å²) in [7, 11) is 0. The predicted octanol–water partition coefficient (Wildman–Crippen LogP) is 3.37. The Morgan fingerprint density at radius 2 is 1.93 bits per heavy atom. The summed E-state index contributed by atoms with van der Waals surface area (Å²) in [6.45, 7) is 12.0. The van der Waals surface area contributed by atoms with Crippen molar-refractivity contribution < 1.29 is 4.74 Å². The number of hydrogen-bond acceptors (Lipinski definition) is 1. The van der Waals surface area contributed by atoms with E-state index >= 15 is 0 Å². The van der Waals surface area contributed by atoms with Crippen LogP contribution in [0.4, 0.5) is 0 Å². The molecule has 1 aromatic rings. The number of aromatic amines is 1. The van der Waals surface area contributed by atoms with Crippen LogP contribution >= 0.6 is 0 Å². The minimum absolute atomic E-state index is 0.185. The van der Waals surface area contributed by atoms with Crippen LogP contribution in [0.5, 0.6) is 5.75 Å².